The highest BCUT2D eigenvalue weighted by Crippen LogP contribution is 2.14. The SMILES string of the molecule is CN=C(NCC(C)Oc1cccc(C)c1)N(C)Cc1cccn1C.I. The van der Waals surface area contributed by atoms with Crippen LogP contribution in [0.3, 0.4) is 0 Å². The van der Waals surface area contributed by atoms with E-state index in [0.717, 1.165) is 18.3 Å². The Morgan fingerprint density at radius 3 is 2.68 bits per heavy atom. The first-order chi connectivity index (χ1) is 11.5. The van der Waals surface area contributed by atoms with Crippen molar-refractivity contribution in [3.05, 3.63) is 53.9 Å². The molecule has 0 spiro atoms. The number of hydrogen-bond acceptors (Lipinski definition) is 2. The standard InChI is InChI=1S/C19H28N4O.HI/c1-15-8-6-10-18(12-15)24-16(2)13-21-19(20-3)23(5)14-17-9-7-11-22(17)4;/h6-12,16H,13-14H2,1-5H3,(H,20,21);1H. The molecule has 0 saturated carbocycles. The van der Waals surface area contributed by atoms with Crippen LogP contribution in [-0.4, -0.2) is 42.2 Å². The Balaban J connectivity index is 0.00000312. The summed E-state index contributed by atoms with van der Waals surface area (Å²) in [7, 11) is 5.89. The highest BCUT2D eigenvalue weighted by Gasteiger charge is 2.10. The minimum atomic E-state index is 0. The number of guanidine groups is 1. The zero-order valence-electron chi connectivity index (χ0n) is 15.7. The van der Waals surface area contributed by atoms with Crippen molar-refractivity contribution < 1.29 is 4.74 Å². The molecule has 0 aliphatic rings. The van der Waals surface area contributed by atoms with Gasteiger partial charge in [-0.3, -0.25) is 4.99 Å². The maximum atomic E-state index is 5.95. The summed E-state index contributed by atoms with van der Waals surface area (Å²) < 4.78 is 8.07. The molecule has 1 atom stereocenters. The lowest BCUT2D eigenvalue weighted by Gasteiger charge is -2.24. The number of hydrogen-bond donors (Lipinski definition) is 1. The van der Waals surface area contributed by atoms with Crippen LogP contribution in [0.25, 0.3) is 0 Å². The van der Waals surface area contributed by atoms with E-state index in [-0.39, 0.29) is 30.1 Å². The van der Waals surface area contributed by atoms with Gasteiger partial charge in [0.05, 0.1) is 13.1 Å². The summed E-state index contributed by atoms with van der Waals surface area (Å²) in [5.74, 6) is 1.76. The lowest BCUT2D eigenvalue weighted by atomic mass is 10.2. The third kappa shape index (κ3) is 6.61. The van der Waals surface area contributed by atoms with E-state index in [1.165, 1.54) is 11.3 Å². The van der Waals surface area contributed by atoms with Crippen LogP contribution in [0.5, 0.6) is 5.75 Å². The Morgan fingerprint density at radius 1 is 1.32 bits per heavy atom. The second kappa shape index (κ2) is 10.3. The highest BCUT2D eigenvalue weighted by molar-refractivity contribution is 14.0. The van der Waals surface area contributed by atoms with E-state index >= 15 is 0 Å². The Hall–Kier alpha value is -1.70. The summed E-state index contributed by atoms with van der Waals surface area (Å²) in [6.07, 6.45) is 2.10. The number of benzene rings is 1. The largest absolute Gasteiger partial charge is 0.489 e. The van der Waals surface area contributed by atoms with E-state index in [9.17, 15) is 0 Å². The van der Waals surface area contributed by atoms with Gasteiger partial charge < -0.3 is 19.5 Å². The van der Waals surface area contributed by atoms with Gasteiger partial charge in [-0.2, -0.15) is 0 Å². The molecule has 2 aromatic rings. The summed E-state index contributed by atoms with van der Waals surface area (Å²) in [4.78, 5) is 6.46. The Kier molecular flexibility index (Phi) is 8.82. The summed E-state index contributed by atoms with van der Waals surface area (Å²) >= 11 is 0. The van der Waals surface area contributed by atoms with Crippen LogP contribution >= 0.6 is 24.0 Å². The number of aliphatic imine (C=N–C) groups is 1. The highest BCUT2D eigenvalue weighted by atomic mass is 127. The fourth-order valence-electron chi connectivity index (χ4n) is 2.56. The number of rotatable bonds is 6. The Morgan fingerprint density at radius 2 is 2.08 bits per heavy atom. The van der Waals surface area contributed by atoms with Gasteiger partial charge in [0.2, 0.25) is 0 Å². The summed E-state index contributed by atoms with van der Waals surface area (Å²) in [5, 5.41) is 3.38. The average molecular weight is 456 g/mol. The average Bonchev–Trinajstić information content (AvgIpc) is 2.93. The molecule has 6 heteroatoms. The molecule has 0 amide bonds. The van der Waals surface area contributed by atoms with Crippen molar-refractivity contribution in [3.8, 4) is 5.75 Å². The summed E-state index contributed by atoms with van der Waals surface area (Å²) in [5.41, 5.74) is 2.44. The normalized spacial score (nSPS) is 12.3. The van der Waals surface area contributed by atoms with E-state index in [0.29, 0.717) is 6.54 Å². The number of nitrogens with one attached hydrogen (secondary N) is 1. The monoisotopic (exact) mass is 456 g/mol. The predicted octanol–water partition coefficient (Wildman–Crippen LogP) is 3.43. The second-order valence-electron chi connectivity index (χ2n) is 6.14. The first kappa shape index (κ1) is 21.3. The minimum absolute atomic E-state index is 0. The van der Waals surface area contributed by atoms with E-state index < -0.39 is 0 Å². The van der Waals surface area contributed by atoms with Crippen LogP contribution in [-0.2, 0) is 13.6 Å². The van der Waals surface area contributed by atoms with Crippen LogP contribution in [0.1, 0.15) is 18.2 Å². The lowest BCUT2D eigenvalue weighted by molar-refractivity contribution is 0.222. The molecule has 1 heterocycles. The molecule has 0 saturated heterocycles. The molecule has 1 aromatic heterocycles. The molecule has 138 valence electrons. The summed E-state index contributed by atoms with van der Waals surface area (Å²) in [6.45, 7) is 5.62. The van der Waals surface area contributed by atoms with Crippen LogP contribution in [0.15, 0.2) is 47.6 Å². The fourth-order valence-corrected chi connectivity index (χ4v) is 2.56. The molecule has 1 N–H and O–H groups in total. The molecule has 0 aliphatic carbocycles. The third-order valence-electron chi connectivity index (χ3n) is 3.90. The van der Waals surface area contributed by atoms with Gasteiger partial charge in [0, 0.05) is 33.0 Å². The quantitative estimate of drug-likeness (QED) is 0.412. The Bertz CT molecular complexity index is 684. The maximum Gasteiger partial charge on any atom is 0.193 e. The van der Waals surface area contributed by atoms with Crippen LogP contribution < -0.4 is 10.1 Å². The maximum absolute atomic E-state index is 5.95. The molecule has 0 bridgehead atoms. The number of ether oxygens (including phenoxy) is 1. The zero-order valence-corrected chi connectivity index (χ0v) is 18.0. The van der Waals surface area contributed by atoms with E-state index in [1.807, 2.05) is 25.2 Å². The molecule has 0 fully saturated rings. The first-order valence-corrected chi connectivity index (χ1v) is 8.25. The lowest BCUT2D eigenvalue weighted by Crippen LogP contribution is -2.42. The molecule has 0 aliphatic heterocycles. The van der Waals surface area contributed by atoms with Crippen molar-refractivity contribution in [2.45, 2.75) is 26.5 Å². The van der Waals surface area contributed by atoms with Crippen LogP contribution in [0.4, 0.5) is 0 Å². The molecular weight excluding hydrogens is 427 g/mol. The smallest absolute Gasteiger partial charge is 0.193 e. The van der Waals surface area contributed by atoms with Crippen molar-refractivity contribution in [1.29, 1.82) is 0 Å². The number of aromatic nitrogens is 1. The van der Waals surface area contributed by atoms with Gasteiger partial charge >= 0.3 is 0 Å². The molecule has 5 nitrogen and oxygen atoms in total. The van der Waals surface area contributed by atoms with E-state index in [1.54, 1.807) is 7.05 Å². The fraction of sp³-hybridized carbons (Fsp3) is 0.421. The molecule has 25 heavy (non-hydrogen) atoms. The van der Waals surface area contributed by atoms with Gasteiger partial charge in [-0.15, -0.1) is 24.0 Å². The summed E-state index contributed by atoms with van der Waals surface area (Å²) in [6, 6.07) is 12.3. The van der Waals surface area contributed by atoms with Gasteiger partial charge in [-0.1, -0.05) is 12.1 Å². The Labute approximate surface area is 168 Å². The van der Waals surface area contributed by atoms with Crippen LogP contribution in [0.2, 0.25) is 0 Å². The van der Waals surface area contributed by atoms with Crippen molar-refractivity contribution in [2.75, 3.05) is 20.6 Å². The van der Waals surface area contributed by atoms with Gasteiger partial charge in [-0.05, 0) is 43.7 Å². The molecule has 1 aromatic carbocycles. The second-order valence-corrected chi connectivity index (χ2v) is 6.14. The van der Waals surface area contributed by atoms with E-state index in [2.05, 4.69) is 65.1 Å². The van der Waals surface area contributed by atoms with Gasteiger partial charge in [0.1, 0.15) is 11.9 Å². The molecular formula is C19H29IN4O. The van der Waals surface area contributed by atoms with Crippen molar-refractivity contribution in [2.24, 2.45) is 12.0 Å². The number of aryl methyl sites for hydroxylation is 2. The van der Waals surface area contributed by atoms with Gasteiger partial charge in [-0.25, -0.2) is 0 Å². The van der Waals surface area contributed by atoms with Crippen LogP contribution in [0, 0.1) is 6.92 Å². The predicted molar refractivity (Wildman–Crippen MR) is 115 cm³/mol. The first-order valence-electron chi connectivity index (χ1n) is 8.25. The molecule has 1 unspecified atom stereocenters. The van der Waals surface area contributed by atoms with Crippen molar-refractivity contribution in [1.82, 2.24) is 14.8 Å². The van der Waals surface area contributed by atoms with Gasteiger partial charge in [0.15, 0.2) is 5.96 Å². The third-order valence-corrected chi connectivity index (χ3v) is 3.90. The molecule has 2 rings (SSSR count). The minimum Gasteiger partial charge on any atom is -0.489 e. The number of nitrogens with zero attached hydrogens (tertiary/aromatic N) is 3. The van der Waals surface area contributed by atoms with Crippen molar-refractivity contribution in [3.63, 3.8) is 0 Å². The topological polar surface area (TPSA) is 41.8 Å². The number of halogens is 1. The molecule has 0 radical (unpaired) electrons. The van der Waals surface area contributed by atoms with Gasteiger partial charge in [0.25, 0.3) is 0 Å². The van der Waals surface area contributed by atoms with E-state index in [4.69, 9.17) is 4.74 Å². The van der Waals surface area contributed by atoms with Crippen molar-refractivity contribution >= 4 is 29.9 Å². The zero-order chi connectivity index (χ0) is 17.5.